The second-order valence-corrected chi connectivity index (χ2v) is 6.42. The zero-order chi connectivity index (χ0) is 19.1. The van der Waals surface area contributed by atoms with E-state index in [2.05, 4.69) is 15.3 Å². The molecule has 1 saturated heterocycles. The Kier molecular flexibility index (Phi) is 6.35. The van der Waals surface area contributed by atoms with Crippen LogP contribution in [0.2, 0.25) is 0 Å². The van der Waals surface area contributed by atoms with E-state index in [0.29, 0.717) is 23.7 Å². The first kappa shape index (κ1) is 18.8. The average Bonchev–Trinajstić information content (AvgIpc) is 2.98. The topological polar surface area (TPSA) is 84.4 Å². The van der Waals surface area contributed by atoms with Crippen molar-refractivity contribution in [2.24, 2.45) is 0 Å². The van der Waals surface area contributed by atoms with Crippen LogP contribution in [0, 0.1) is 0 Å². The SMILES string of the molecule is CCOC(=O)c1ccc(Nc2ncc(C(=O)N3CCCCCC3)cn2)cc1. The van der Waals surface area contributed by atoms with Crippen LogP contribution >= 0.6 is 0 Å². The van der Waals surface area contributed by atoms with Crippen molar-refractivity contribution < 1.29 is 14.3 Å². The highest BCUT2D eigenvalue weighted by atomic mass is 16.5. The minimum Gasteiger partial charge on any atom is -0.462 e. The lowest BCUT2D eigenvalue weighted by Crippen LogP contribution is -2.32. The van der Waals surface area contributed by atoms with Crippen molar-refractivity contribution >= 4 is 23.5 Å². The zero-order valence-electron chi connectivity index (χ0n) is 15.5. The molecule has 1 amide bonds. The number of esters is 1. The summed E-state index contributed by atoms with van der Waals surface area (Å²) in [6.07, 6.45) is 7.56. The van der Waals surface area contributed by atoms with E-state index in [0.717, 1.165) is 31.6 Å². The van der Waals surface area contributed by atoms with Crippen LogP contribution in [0.5, 0.6) is 0 Å². The van der Waals surface area contributed by atoms with Crippen LogP contribution in [0.1, 0.15) is 53.3 Å². The maximum Gasteiger partial charge on any atom is 0.338 e. The predicted octanol–water partition coefficient (Wildman–Crippen LogP) is 3.41. The standard InChI is InChI=1S/C20H24N4O3/c1-2-27-19(26)15-7-9-17(10-8-15)23-20-21-13-16(14-22-20)18(25)24-11-5-3-4-6-12-24/h7-10,13-14H,2-6,11-12H2,1H3,(H,21,22,23). The summed E-state index contributed by atoms with van der Waals surface area (Å²) in [5.74, 6) is 0.0326. The van der Waals surface area contributed by atoms with Crippen molar-refractivity contribution in [2.45, 2.75) is 32.6 Å². The van der Waals surface area contributed by atoms with Gasteiger partial charge >= 0.3 is 5.97 Å². The van der Waals surface area contributed by atoms with Gasteiger partial charge in [-0.1, -0.05) is 12.8 Å². The molecule has 1 aromatic heterocycles. The molecule has 1 N–H and O–H groups in total. The predicted molar refractivity (Wildman–Crippen MR) is 102 cm³/mol. The van der Waals surface area contributed by atoms with E-state index >= 15 is 0 Å². The summed E-state index contributed by atoms with van der Waals surface area (Å²) in [5, 5.41) is 3.06. The van der Waals surface area contributed by atoms with Gasteiger partial charge in [0.25, 0.3) is 5.91 Å². The molecule has 1 aliphatic heterocycles. The summed E-state index contributed by atoms with van der Waals surface area (Å²) in [6, 6.07) is 6.87. The molecule has 1 aliphatic rings. The Morgan fingerprint density at radius 2 is 1.63 bits per heavy atom. The minimum absolute atomic E-state index is 0.0118. The van der Waals surface area contributed by atoms with Gasteiger partial charge in [-0.15, -0.1) is 0 Å². The van der Waals surface area contributed by atoms with Gasteiger partial charge in [0, 0.05) is 31.2 Å². The van der Waals surface area contributed by atoms with Crippen LogP contribution in [0.25, 0.3) is 0 Å². The van der Waals surface area contributed by atoms with Gasteiger partial charge in [-0.2, -0.15) is 0 Å². The van der Waals surface area contributed by atoms with Crippen LogP contribution in [0.3, 0.4) is 0 Å². The van der Waals surface area contributed by atoms with Crippen LogP contribution in [0.4, 0.5) is 11.6 Å². The Hall–Kier alpha value is -2.96. The third-order valence-corrected chi connectivity index (χ3v) is 4.44. The first-order chi connectivity index (χ1) is 13.2. The molecule has 0 radical (unpaired) electrons. The van der Waals surface area contributed by atoms with Crippen molar-refractivity contribution in [1.29, 1.82) is 0 Å². The van der Waals surface area contributed by atoms with Crippen molar-refractivity contribution in [3.05, 3.63) is 47.8 Å². The second kappa shape index (κ2) is 9.12. The number of hydrogen-bond donors (Lipinski definition) is 1. The van der Waals surface area contributed by atoms with Crippen LogP contribution < -0.4 is 5.32 Å². The van der Waals surface area contributed by atoms with Crippen molar-refractivity contribution in [1.82, 2.24) is 14.9 Å². The quantitative estimate of drug-likeness (QED) is 0.814. The van der Waals surface area contributed by atoms with Gasteiger partial charge in [0.15, 0.2) is 0 Å². The van der Waals surface area contributed by atoms with Gasteiger partial charge in [0.2, 0.25) is 5.95 Å². The Morgan fingerprint density at radius 1 is 1.00 bits per heavy atom. The number of hydrogen-bond acceptors (Lipinski definition) is 6. The van der Waals surface area contributed by atoms with Gasteiger partial charge < -0.3 is 15.0 Å². The molecule has 2 heterocycles. The van der Waals surface area contributed by atoms with Crippen molar-refractivity contribution in [2.75, 3.05) is 25.0 Å². The summed E-state index contributed by atoms with van der Waals surface area (Å²) in [6.45, 7) is 3.71. The molecule has 3 rings (SSSR count). The molecule has 7 nitrogen and oxygen atoms in total. The molecule has 0 spiro atoms. The van der Waals surface area contributed by atoms with Crippen molar-refractivity contribution in [3.8, 4) is 0 Å². The maximum atomic E-state index is 12.6. The Bertz CT molecular complexity index is 767. The number of aromatic nitrogens is 2. The van der Waals surface area contributed by atoms with E-state index in [4.69, 9.17) is 4.74 Å². The minimum atomic E-state index is -0.350. The second-order valence-electron chi connectivity index (χ2n) is 6.42. The molecule has 1 aromatic carbocycles. The van der Waals surface area contributed by atoms with Gasteiger partial charge in [-0.05, 0) is 44.0 Å². The molecule has 0 bridgehead atoms. The highest BCUT2D eigenvalue weighted by Gasteiger charge is 2.18. The maximum absolute atomic E-state index is 12.6. The molecule has 2 aromatic rings. The lowest BCUT2D eigenvalue weighted by molar-refractivity contribution is 0.0526. The lowest BCUT2D eigenvalue weighted by Gasteiger charge is -2.19. The number of nitrogens with zero attached hydrogens (tertiary/aromatic N) is 3. The number of anilines is 2. The number of nitrogens with one attached hydrogen (secondary N) is 1. The summed E-state index contributed by atoms with van der Waals surface area (Å²) in [5.41, 5.74) is 1.73. The summed E-state index contributed by atoms with van der Waals surface area (Å²) in [7, 11) is 0. The number of benzene rings is 1. The highest BCUT2D eigenvalue weighted by molar-refractivity contribution is 5.93. The number of rotatable bonds is 5. The highest BCUT2D eigenvalue weighted by Crippen LogP contribution is 2.16. The Labute approximate surface area is 158 Å². The molecule has 27 heavy (non-hydrogen) atoms. The fourth-order valence-corrected chi connectivity index (χ4v) is 2.99. The van der Waals surface area contributed by atoms with E-state index in [1.54, 1.807) is 43.6 Å². The molecule has 0 unspecified atom stereocenters. The largest absolute Gasteiger partial charge is 0.462 e. The van der Waals surface area contributed by atoms with Crippen LogP contribution in [-0.2, 0) is 4.74 Å². The number of likely N-dealkylation sites (tertiary alicyclic amines) is 1. The first-order valence-corrected chi connectivity index (χ1v) is 9.33. The smallest absolute Gasteiger partial charge is 0.338 e. The monoisotopic (exact) mass is 368 g/mol. The van der Waals surface area contributed by atoms with E-state index in [1.807, 2.05) is 4.90 Å². The fourth-order valence-electron chi connectivity index (χ4n) is 2.99. The summed E-state index contributed by atoms with van der Waals surface area (Å²) >= 11 is 0. The number of carbonyl (C=O) groups is 2. The average molecular weight is 368 g/mol. The number of amides is 1. The number of carbonyl (C=O) groups excluding carboxylic acids is 2. The molecule has 0 aliphatic carbocycles. The fraction of sp³-hybridized carbons (Fsp3) is 0.400. The van der Waals surface area contributed by atoms with Crippen molar-refractivity contribution in [3.63, 3.8) is 0 Å². The van der Waals surface area contributed by atoms with Gasteiger partial charge in [0.1, 0.15) is 0 Å². The van der Waals surface area contributed by atoms with Gasteiger partial charge in [0.05, 0.1) is 17.7 Å². The molecule has 0 saturated carbocycles. The molecular weight excluding hydrogens is 344 g/mol. The van der Waals surface area contributed by atoms with E-state index in [-0.39, 0.29) is 11.9 Å². The first-order valence-electron chi connectivity index (χ1n) is 9.33. The zero-order valence-corrected chi connectivity index (χ0v) is 15.5. The molecule has 1 fully saturated rings. The van der Waals surface area contributed by atoms with Gasteiger partial charge in [-0.25, -0.2) is 14.8 Å². The summed E-state index contributed by atoms with van der Waals surface area (Å²) in [4.78, 5) is 34.6. The normalized spacial score (nSPS) is 14.3. The Balaban J connectivity index is 1.61. The molecule has 0 atom stereocenters. The van der Waals surface area contributed by atoms with Crippen LogP contribution in [-0.4, -0.2) is 46.4 Å². The van der Waals surface area contributed by atoms with Crippen LogP contribution in [0.15, 0.2) is 36.7 Å². The van der Waals surface area contributed by atoms with Gasteiger partial charge in [-0.3, -0.25) is 4.79 Å². The Morgan fingerprint density at radius 3 is 2.22 bits per heavy atom. The molecule has 7 heteroatoms. The van der Waals surface area contributed by atoms with E-state index < -0.39 is 0 Å². The molecular formula is C20H24N4O3. The molecule has 142 valence electrons. The number of ether oxygens (including phenoxy) is 1. The summed E-state index contributed by atoms with van der Waals surface area (Å²) < 4.78 is 4.96. The lowest BCUT2D eigenvalue weighted by atomic mass is 10.2. The third-order valence-electron chi connectivity index (χ3n) is 4.44. The van der Waals surface area contributed by atoms with E-state index in [1.165, 1.54) is 12.8 Å². The van der Waals surface area contributed by atoms with E-state index in [9.17, 15) is 9.59 Å². The third kappa shape index (κ3) is 5.03.